The molecule has 0 radical (unpaired) electrons. The first kappa shape index (κ1) is 23.7. The molecule has 2 amide bonds. The predicted octanol–water partition coefficient (Wildman–Crippen LogP) is 2.74. The quantitative estimate of drug-likeness (QED) is 0.689. The summed E-state index contributed by atoms with van der Waals surface area (Å²) in [7, 11) is -1.95. The molecule has 33 heavy (non-hydrogen) atoms. The van der Waals surface area contributed by atoms with E-state index >= 15 is 0 Å². The lowest BCUT2D eigenvalue weighted by Crippen LogP contribution is -2.41. The van der Waals surface area contributed by atoms with Gasteiger partial charge in [0.15, 0.2) is 0 Å². The van der Waals surface area contributed by atoms with Gasteiger partial charge >= 0.3 is 0 Å². The summed E-state index contributed by atoms with van der Waals surface area (Å²) < 4.78 is 28.6. The molecule has 2 fully saturated rings. The number of aromatic nitrogens is 2. The van der Waals surface area contributed by atoms with E-state index in [1.165, 1.54) is 27.3 Å². The number of nitrogens with zero attached hydrogens (tertiary/aromatic N) is 4. The molecule has 0 aliphatic carbocycles. The number of halogens is 1. The molecule has 0 saturated carbocycles. The highest BCUT2D eigenvalue weighted by atomic mass is 35.5. The summed E-state index contributed by atoms with van der Waals surface area (Å²) in [6, 6.07) is 6.07. The maximum Gasteiger partial charge on any atom is 0.274 e. The number of nitrogens with one attached hydrogen (secondary N) is 1. The molecule has 0 unspecified atom stereocenters. The van der Waals surface area contributed by atoms with Crippen LogP contribution in [0.2, 0.25) is 5.02 Å². The van der Waals surface area contributed by atoms with Crippen LogP contribution in [-0.2, 0) is 21.9 Å². The van der Waals surface area contributed by atoms with Crippen molar-refractivity contribution in [2.75, 3.05) is 31.5 Å². The molecule has 9 nitrogen and oxygen atoms in total. The number of carbonyl (C=O) groups is 2. The third kappa shape index (κ3) is 5.07. The minimum Gasteiger partial charge on any atom is -0.337 e. The number of piperidine rings is 2. The Morgan fingerprint density at radius 1 is 1.03 bits per heavy atom. The molecule has 178 valence electrons. The van der Waals surface area contributed by atoms with E-state index in [1.54, 1.807) is 24.1 Å². The van der Waals surface area contributed by atoms with Crippen molar-refractivity contribution in [3.8, 4) is 0 Å². The summed E-state index contributed by atoms with van der Waals surface area (Å²) in [4.78, 5) is 27.9. The van der Waals surface area contributed by atoms with Crippen molar-refractivity contribution in [2.24, 2.45) is 13.0 Å². The zero-order valence-corrected chi connectivity index (χ0v) is 20.1. The average molecular weight is 494 g/mol. The lowest BCUT2D eigenvalue weighted by molar-refractivity contribution is -0.120. The number of hydrogen-bond donors (Lipinski definition) is 1. The number of hydrogen-bond acceptors (Lipinski definition) is 5. The van der Waals surface area contributed by atoms with E-state index in [2.05, 4.69) is 10.4 Å². The average Bonchev–Trinajstić information content (AvgIpc) is 3.19. The molecule has 2 saturated heterocycles. The Morgan fingerprint density at radius 3 is 2.30 bits per heavy atom. The summed E-state index contributed by atoms with van der Waals surface area (Å²) in [5.41, 5.74) is 0.766. The normalized spacial score (nSPS) is 18.3. The van der Waals surface area contributed by atoms with E-state index < -0.39 is 10.0 Å². The van der Waals surface area contributed by atoms with Gasteiger partial charge in [-0.25, -0.2) is 8.42 Å². The van der Waals surface area contributed by atoms with Gasteiger partial charge in [0.05, 0.1) is 16.8 Å². The molecule has 0 bridgehead atoms. The van der Waals surface area contributed by atoms with Crippen LogP contribution < -0.4 is 5.32 Å². The molecular formula is C22H28ClN5O4S. The SMILES string of the molecule is Cn1ncc(NC(=O)C2CCN(S(=O)(=O)c3ccc(Cl)cc3)CC2)c1C(=O)N1CCCCC1. The topological polar surface area (TPSA) is 105 Å². The molecule has 11 heteroatoms. The Labute approximate surface area is 198 Å². The minimum atomic E-state index is -3.63. The molecule has 4 rings (SSSR count). The van der Waals surface area contributed by atoms with Crippen molar-refractivity contribution in [1.29, 1.82) is 0 Å². The number of carbonyl (C=O) groups excluding carboxylic acids is 2. The largest absolute Gasteiger partial charge is 0.337 e. The van der Waals surface area contributed by atoms with Gasteiger partial charge < -0.3 is 10.2 Å². The van der Waals surface area contributed by atoms with Gasteiger partial charge in [-0.3, -0.25) is 14.3 Å². The molecule has 1 aromatic heterocycles. The molecule has 1 N–H and O–H groups in total. The third-order valence-electron chi connectivity index (χ3n) is 6.32. The van der Waals surface area contributed by atoms with E-state index in [-0.39, 0.29) is 35.7 Å². The Hall–Kier alpha value is -2.43. The van der Waals surface area contributed by atoms with Crippen LogP contribution in [0.1, 0.15) is 42.6 Å². The van der Waals surface area contributed by atoms with Gasteiger partial charge in [-0.2, -0.15) is 9.40 Å². The monoisotopic (exact) mass is 493 g/mol. The van der Waals surface area contributed by atoms with Gasteiger partial charge in [-0.05, 0) is 56.4 Å². The number of aryl methyl sites for hydroxylation is 1. The zero-order valence-electron chi connectivity index (χ0n) is 18.5. The van der Waals surface area contributed by atoms with Crippen molar-refractivity contribution < 1.29 is 18.0 Å². The van der Waals surface area contributed by atoms with Crippen LogP contribution in [0.15, 0.2) is 35.4 Å². The zero-order chi connectivity index (χ0) is 23.6. The molecule has 3 heterocycles. The Morgan fingerprint density at radius 2 is 1.67 bits per heavy atom. The van der Waals surface area contributed by atoms with E-state index in [9.17, 15) is 18.0 Å². The summed E-state index contributed by atoms with van der Waals surface area (Å²) in [6.45, 7) is 1.90. The number of rotatable bonds is 5. The van der Waals surface area contributed by atoms with Gasteiger partial charge in [0, 0.05) is 44.2 Å². The van der Waals surface area contributed by atoms with E-state index in [1.807, 2.05) is 0 Å². The first-order chi connectivity index (χ1) is 15.8. The Kier molecular flexibility index (Phi) is 7.06. The standard InChI is InChI=1S/C22H28ClN5O4S/c1-26-20(22(30)27-11-3-2-4-12-27)19(15-24-26)25-21(29)16-9-13-28(14-10-16)33(31,32)18-7-5-17(23)6-8-18/h5-8,15-16H,2-4,9-14H2,1H3,(H,25,29). The Balaban J connectivity index is 1.39. The van der Waals surface area contributed by atoms with Crippen molar-refractivity contribution >= 4 is 39.1 Å². The van der Waals surface area contributed by atoms with Crippen LogP contribution in [0.3, 0.4) is 0 Å². The molecule has 2 aliphatic rings. The van der Waals surface area contributed by atoms with E-state index in [4.69, 9.17) is 11.6 Å². The fourth-order valence-electron chi connectivity index (χ4n) is 4.38. The van der Waals surface area contributed by atoms with Gasteiger partial charge in [0.1, 0.15) is 5.69 Å². The molecular weight excluding hydrogens is 466 g/mol. The lowest BCUT2D eigenvalue weighted by Gasteiger charge is -2.30. The fraction of sp³-hybridized carbons (Fsp3) is 0.500. The third-order valence-corrected chi connectivity index (χ3v) is 8.48. The van der Waals surface area contributed by atoms with Crippen molar-refractivity contribution in [3.63, 3.8) is 0 Å². The second-order valence-electron chi connectivity index (χ2n) is 8.50. The first-order valence-electron chi connectivity index (χ1n) is 11.2. The van der Waals surface area contributed by atoms with Crippen LogP contribution in [0.5, 0.6) is 0 Å². The van der Waals surface area contributed by atoms with Gasteiger partial charge in [0.25, 0.3) is 5.91 Å². The molecule has 0 spiro atoms. The fourth-order valence-corrected chi connectivity index (χ4v) is 5.97. The van der Waals surface area contributed by atoms with Gasteiger partial charge in [0.2, 0.25) is 15.9 Å². The van der Waals surface area contributed by atoms with Crippen LogP contribution in [-0.4, -0.2) is 65.4 Å². The van der Waals surface area contributed by atoms with Crippen LogP contribution >= 0.6 is 11.6 Å². The molecule has 0 atom stereocenters. The molecule has 1 aromatic carbocycles. The second kappa shape index (κ2) is 9.82. The summed E-state index contributed by atoms with van der Waals surface area (Å²) >= 11 is 5.86. The van der Waals surface area contributed by atoms with E-state index in [0.29, 0.717) is 42.3 Å². The van der Waals surface area contributed by atoms with Crippen LogP contribution in [0, 0.1) is 5.92 Å². The number of amides is 2. The number of sulfonamides is 1. The van der Waals surface area contributed by atoms with Gasteiger partial charge in [-0.15, -0.1) is 0 Å². The number of benzene rings is 1. The molecule has 2 aromatic rings. The van der Waals surface area contributed by atoms with Crippen molar-refractivity contribution in [2.45, 2.75) is 37.0 Å². The highest BCUT2D eigenvalue weighted by molar-refractivity contribution is 7.89. The maximum absolute atomic E-state index is 13.0. The highest BCUT2D eigenvalue weighted by Crippen LogP contribution is 2.27. The first-order valence-corrected chi connectivity index (χ1v) is 13.0. The van der Waals surface area contributed by atoms with Crippen molar-refractivity contribution in [1.82, 2.24) is 19.0 Å². The summed E-state index contributed by atoms with van der Waals surface area (Å²) in [5.74, 6) is -0.701. The lowest BCUT2D eigenvalue weighted by atomic mass is 9.97. The minimum absolute atomic E-state index is 0.131. The van der Waals surface area contributed by atoms with Gasteiger partial charge in [-0.1, -0.05) is 11.6 Å². The predicted molar refractivity (Wildman–Crippen MR) is 125 cm³/mol. The smallest absolute Gasteiger partial charge is 0.274 e. The van der Waals surface area contributed by atoms with Crippen LogP contribution in [0.4, 0.5) is 5.69 Å². The molecule has 2 aliphatic heterocycles. The summed E-state index contributed by atoms with van der Waals surface area (Å²) in [5, 5.41) is 7.50. The van der Waals surface area contributed by atoms with Crippen molar-refractivity contribution in [3.05, 3.63) is 41.2 Å². The maximum atomic E-state index is 13.0. The highest BCUT2D eigenvalue weighted by Gasteiger charge is 2.33. The van der Waals surface area contributed by atoms with E-state index in [0.717, 1.165) is 19.3 Å². The number of likely N-dealkylation sites (tertiary alicyclic amines) is 1. The van der Waals surface area contributed by atoms with Crippen LogP contribution in [0.25, 0.3) is 0 Å². The Bertz CT molecular complexity index is 1120. The second-order valence-corrected chi connectivity index (χ2v) is 10.9. The number of anilines is 1. The summed E-state index contributed by atoms with van der Waals surface area (Å²) in [6.07, 6.45) is 5.36.